The lowest BCUT2D eigenvalue weighted by molar-refractivity contribution is -0.132. The van der Waals surface area contributed by atoms with E-state index in [9.17, 15) is 14.7 Å². The molecule has 0 saturated carbocycles. The fourth-order valence-corrected chi connectivity index (χ4v) is 5.13. The van der Waals surface area contributed by atoms with Gasteiger partial charge in [0.25, 0.3) is 11.7 Å². The van der Waals surface area contributed by atoms with Crippen LogP contribution in [0.4, 0.5) is 11.4 Å². The molecule has 0 spiro atoms. The molecule has 204 valence electrons. The molecule has 0 bridgehead atoms. The number of hydrogen-bond donors (Lipinski definition) is 1. The maximum absolute atomic E-state index is 13.7. The summed E-state index contributed by atoms with van der Waals surface area (Å²) in [7, 11) is 1.57. The van der Waals surface area contributed by atoms with Crippen molar-refractivity contribution in [2.24, 2.45) is 0 Å². The summed E-state index contributed by atoms with van der Waals surface area (Å²) in [6, 6.07) is 20.0. The van der Waals surface area contributed by atoms with Crippen molar-refractivity contribution >= 4 is 28.8 Å². The first kappa shape index (κ1) is 28.0. The van der Waals surface area contributed by atoms with Crippen molar-refractivity contribution in [3.8, 4) is 5.75 Å². The van der Waals surface area contributed by atoms with Crippen LogP contribution in [-0.2, 0) is 15.0 Å². The number of carbonyl (C=O) groups excluding carboxylic acids is 2. The van der Waals surface area contributed by atoms with Crippen molar-refractivity contribution in [2.75, 3.05) is 30.0 Å². The minimum atomic E-state index is -0.822. The zero-order valence-electron chi connectivity index (χ0n) is 23.9. The van der Waals surface area contributed by atoms with Gasteiger partial charge in [-0.2, -0.15) is 0 Å². The van der Waals surface area contributed by atoms with Crippen LogP contribution in [0.1, 0.15) is 62.9 Å². The van der Waals surface area contributed by atoms with Crippen molar-refractivity contribution in [3.05, 3.63) is 94.6 Å². The van der Waals surface area contributed by atoms with Crippen LogP contribution in [0.2, 0.25) is 0 Å². The maximum Gasteiger partial charge on any atom is 0.300 e. The molecular weight excluding hydrogens is 488 g/mol. The van der Waals surface area contributed by atoms with Gasteiger partial charge in [-0.25, -0.2) is 0 Å². The summed E-state index contributed by atoms with van der Waals surface area (Å²) in [6.45, 7) is 14.1. The smallest absolute Gasteiger partial charge is 0.300 e. The first-order chi connectivity index (χ1) is 18.5. The van der Waals surface area contributed by atoms with Gasteiger partial charge >= 0.3 is 0 Å². The highest BCUT2D eigenvalue weighted by molar-refractivity contribution is 6.51. The van der Waals surface area contributed by atoms with Crippen molar-refractivity contribution in [1.29, 1.82) is 0 Å². The Bertz CT molecular complexity index is 1410. The highest BCUT2D eigenvalue weighted by Crippen LogP contribution is 2.44. The number of carbonyl (C=O) groups is 2. The topological polar surface area (TPSA) is 70.1 Å². The molecule has 0 aromatic heterocycles. The second-order valence-corrected chi connectivity index (χ2v) is 10.9. The highest BCUT2D eigenvalue weighted by atomic mass is 16.5. The number of ketones is 1. The van der Waals surface area contributed by atoms with E-state index in [1.807, 2.05) is 67.6 Å². The normalized spacial score (nSPS) is 17.0. The third-order valence-electron chi connectivity index (χ3n) is 7.47. The largest absolute Gasteiger partial charge is 0.507 e. The molecular formula is C33H38N2O4. The van der Waals surface area contributed by atoms with Gasteiger partial charge < -0.3 is 14.7 Å². The van der Waals surface area contributed by atoms with Gasteiger partial charge in [-0.3, -0.25) is 14.5 Å². The van der Waals surface area contributed by atoms with Crippen LogP contribution in [0.15, 0.2) is 72.3 Å². The SMILES string of the molecule is CCN(CC)c1ccc(N2C(=O)C(=O)/C(=C(/O)c3cc(C(C)(C)C)ccc3C)C2c2cccc(OC)c2)cc1. The van der Waals surface area contributed by atoms with Crippen molar-refractivity contribution in [2.45, 2.75) is 53.0 Å². The van der Waals surface area contributed by atoms with E-state index in [0.29, 0.717) is 22.6 Å². The number of benzene rings is 3. The lowest BCUT2D eigenvalue weighted by Crippen LogP contribution is -2.29. The number of aliphatic hydroxyl groups is 1. The molecule has 1 N–H and O–H groups in total. The second-order valence-electron chi connectivity index (χ2n) is 10.9. The number of anilines is 2. The van der Waals surface area contributed by atoms with Crippen LogP contribution < -0.4 is 14.5 Å². The average molecular weight is 527 g/mol. The number of rotatable bonds is 7. The highest BCUT2D eigenvalue weighted by Gasteiger charge is 2.47. The predicted octanol–water partition coefficient (Wildman–Crippen LogP) is 6.77. The molecule has 3 aromatic carbocycles. The number of aliphatic hydroxyl groups excluding tert-OH is 1. The minimum Gasteiger partial charge on any atom is -0.507 e. The molecule has 1 heterocycles. The molecule has 1 saturated heterocycles. The molecule has 39 heavy (non-hydrogen) atoms. The number of methoxy groups -OCH3 is 1. The van der Waals surface area contributed by atoms with E-state index >= 15 is 0 Å². The number of aryl methyl sites for hydroxylation is 1. The summed E-state index contributed by atoms with van der Waals surface area (Å²) in [5, 5.41) is 11.7. The van der Waals surface area contributed by atoms with Crippen LogP contribution in [0.3, 0.4) is 0 Å². The lowest BCUT2D eigenvalue weighted by Gasteiger charge is -2.27. The van der Waals surface area contributed by atoms with Gasteiger partial charge in [0.05, 0.1) is 18.7 Å². The van der Waals surface area contributed by atoms with E-state index in [0.717, 1.165) is 29.9 Å². The van der Waals surface area contributed by atoms with E-state index in [-0.39, 0.29) is 16.7 Å². The molecule has 1 aliphatic rings. The molecule has 1 fully saturated rings. The van der Waals surface area contributed by atoms with Crippen molar-refractivity contribution < 1.29 is 19.4 Å². The van der Waals surface area contributed by atoms with Gasteiger partial charge in [0.15, 0.2) is 0 Å². The summed E-state index contributed by atoms with van der Waals surface area (Å²) < 4.78 is 5.46. The molecule has 6 heteroatoms. The number of ether oxygens (including phenoxy) is 1. The Kier molecular flexibility index (Phi) is 7.86. The Balaban J connectivity index is 1.93. The molecule has 4 rings (SSSR count). The summed E-state index contributed by atoms with van der Waals surface area (Å²) in [4.78, 5) is 31.0. The monoisotopic (exact) mass is 526 g/mol. The Morgan fingerprint density at radius 2 is 1.64 bits per heavy atom. The Morgan fingerprint density at radius 1 is 0.974 bits per heavy atom. The van der Waals surface area contributed by atoms with Gasteiger partial charge in [-0.05, 0) is 85.3 Å². The number of Topliss-reactive ketones (excluding diaryl/α,β-unsaturated/α-hetero) is 1. The van der Waals surface area contributed by atoms with Gasteiger partial charge in [0.2, 0.25) is 0 Å². The van der Waals surface area contributed by atoms with Crippen LogP contribution in [0, 0.1) is 6.92 Å². The fourth-order valence-electron chi connectivity index (χ4n) is 5.13. The standard InChI is InChI=1S/C33H38N2O4/c1-8-34(9-2)24-15-17-25(18-16-24)35-29(22-11-10-12-26(19-22)39-7)28(31(37)32(35)38)30(36)27-20-23(33(4,5)6)14-13-21(27)3/h10-20,29,36H,8-9H2,1-7H3/b30-28+. The Hall–Kier alpha value is -4.06. The van der Waals surface area contributed by atoms with E-state index in [4.69, 9.17) is 4.74 Å². The van der Waals surface area contributed by atoms with Gasteiger partial charge in [0.1, 0.15) is 11.5 Å². The van der Waals surface area contributed by atoms with Crippen LogP contribution in [-0.4, -0.2) is 37.0 Å². The Morgan fingerprint density at radius 3 is 2.23 bits per heavy atom. The fraction of sp³-hybridized carbons (Fsp3) is 0.333. The van der Waals surface area contributed by atoms with E-state index in [1.54, 1.807) is 13.2 Å². The van der Waals surface area contributed by atoms with E-state index < -0.39 is 17.7 Å². The van der Waals surface area contributed by atoms with Crippen molar-refractivity contribution in [3.63, 3.8) is 0 Å². The lowest BCUT2D eigenvalue weighted by atomic mass is 9.84. The molecule has 1 aliphatic heterocycles. The van der Waals surface area contributed by atoms with E-state index in [2.05, 4.69) is 39.5 Å². The van der Waals surface area contributed by atoms with Crippen LogP contribution in [0.25, 0.3) is 5.76 Å². The number of amides is 1. The molecule has 6 nitrogen and oxygen atoms in total. The summed E-state index contributed by atoms with van der Waals surface area (Å²) in [5.41, 5.74) is 4.59. The molecule has 0 aliphatic carbocycles. The Labute approximate surface area is 231 Å². The number of nitrogens with zero attached hydrogens (tertiary/aromatic N) is 2. The van der Waals surface area contributed by atoms with Gasteiger partial charge in [-0.15, -0.1) is 0 Å². The quantitative estimate of drug-likeness (QED) is 0.209. The first-order valence-electron chi connectivity index (χ1n) is 13.4. The number of hydrogen-bond acceptors (Lipinski definition) is 5. The first-order valence-corrected chi connectivity index (χ1v) is 13.4. The van der Waals surface area contributed by atoms with Gasteiger partial charge in [-0.1, -0.05) is 45.0 Å². The second kappa shape index (κ2) is 11.0. The molecule has 3 aromatic rings. The van der Waals surface area contributed by atoms with Crippen LogP contribution >= 0.6 is 0 Å². The maximum atomic E-state index is 13.7. The zero-order chi connectivity index (χ0) is 28.5. The summed E-state index contributed by atoms with van der Waals surface area (Å²) in [5.74, 6) is -0.966. The summed E-state index contributed by atoms with van der Waals surface area (Å²) in [6.07, 6.45) is 0. The van der Waals surface area contributed by atoms with Crippen molar-refractivity contribution in [1.82, 2.24) is 0 Å². The van der Waals surface area contributed by atoms with Crippen LogP contribution in [0.5, 0.6) is 5.75 Å². The van der Waals surface area contributed by atoms with Gasteiger partial charge in [0, 0.05) is 30.0 Å². The third-order valence-corrected chi connectivity index (χ3v) is 7.47. The minimum absolute atomic E-state index is 0.0650. The summed E-state index contributed by atoms with van der Waals surface area (Å²) >= 11 is 0. The predicted molar refractivity (Wildman–Crippen MR) is 158 cm³/mol. The zero-order valence-corrected chi connectivity index (χ0v) is 23.9. The third kappa shape index (κ3) is 5.29. The average Bonchev–Trinajstić information content (AvgIpc) is 3.19. The molecule has 1 unspecified atom stereocenters. The van der Waals surface area contributed by atoms with E-state index in [1.165, 1.54) is 4.90 Å². The molecule has 0 radical (unpaired) electrons. The molecule has 1 atom stereocenters. The molecule has 1 amide bonds.